The quantitative estimate of drug-likeness (QED) is 0.362. The van der Waals surface area contributed by atoms with Crippen LogP contribution in [0, 0.1) is 10.1 Å². The van der Waals surface area contributed by atoms with Crippen LogP contribution in [-0.2, 0) is 0 Å². The number of rotatable bonds is 3. The van der Waals surface area contributed by atoms with E-state index in [4.69, 9.17) is 34.8 Å². The van der Waals surface area contributed by atoms with Crippen LogP contribution in [0.4, 0.5) is 11.4 Å². The second kappa shape index (κ2) is 7.99. The highest BCUT2D eigenvalue weighted by atomic mass is 35.5. The minimum atomic E-state index is -0.478. The van der Waals surface area contributed by atoms with Gasteiger partial charge < -0.3 is 9.80 Å². The Balaban J connectivity index is 1.49. The fraction of sp³-hybridized carbons (Fsp3) is 0.211. The van der Waals surface area contributed by atoms with Gasteiger partial charge in [-0.05, 0) is 18.2 Å². The van der Waals surface area contributed by atoms with E-state index < -0.39 is 4.92 Å². The van der Waals surface area contributed by atoms with Gasteiger partial charge in [-0.25, -0.2) is 0 Å². The highest BCUT2D eigenvalue weighted by molar-refractivity contribution is 7.21. The molecule has 150 valence electrons. The van der Waals surface area contributed by atoms with E-state index >= 15 is 0 Å². The molecule has 4 rings (SSSR count). The van der Waals surface area contributed by atoms with E-state index in [2.05, 4.69) is 0 Å². The van der Waals surface area contributed by atoms with Crippen LogP contribution >= 0.6 is 46.1 Å². The first kappa shape index (κ1) is 20.2. The molecule has 0 bridgehead atoms. The molecule has 2 aromatic carbocycles. The van der Waals surface area contributed by atoms with Gasteiger partial charge in [-0.15, -0.1) is 11.3 Å². The lowest BCUT2D eigenvalue weighted by Gasteiger charge is -2.36. The van der Waals surface area contributed by atoms with Crippen molar-refractivity contribution in [2.24, 2.45) is 0 Å². The highest BCUT2D eigenvalue weighted by Crippen LogP contribution is 2.38. The fourth-order valence-corrected chi connectivity index (χ4v) is 5.39. The first-order valence-electron chi connectivity index (χ1n) is 8.71. The predicted molar refractivity (Wildman–Crippen MR) is 118 cm³/mol. The molecule has 3 aromatic rings. The van der Waals surface area contributed by atoms with E-state index in [1.807, 2.05) is 11.0 Å². The molecule has 1 aliphatic rings. The number of thiophene rings is 1. The molecule has 10 heteroatoms. The predicted octanol–water partition coefficient (Wildman–Crippen LogP) is 5.73. The molecule has 1 aliphatic heterocycles. The van der Waals surface area contributed by atoms with Crippen molar-refractivity contribution in [1.82, 2.24) is 4.90 Å². The Bertz CT molecular complexity index is 1130. The number of nitro benzene ring substituents is 1. The topological polar surface area (TPSA) is 66.7 Å². The molecule has 1 fully saturated rings. The smallest absolute Gasteiger partial charge is 0.271 e. The van der Waals surface area contributed by atoms with Crippen LogP contribution in [0.2, 0.25) is 15.1 Å². The van der Waals surface area contributed by atoms with Gasteiger partial charge in [-0.1, -0.05) is 40.9 Å². The minimum Gasteiger partial charge on any atom is -0.367 e. The number of nitro groups is 1. The van der Waals surface area contributed by atoms with Crippen LogP contribution in [0.3, 0.4) is 0 Å². The van der Waals surface area contributed by atoms with E-state index in [0.29, 0.717) is 46.1 Å². The molecule has 6 nitrogen and oxygen atoms in total. The molecule has 0 N–H and O–H groups in total. The van der Waals surface area contributed by atoms with Crippen LogP contribution in [0.25, 0.3) is 10.1 Å². The van der Waals surface area contributed by atoms with Gasteiger partial charge in [-0.3, -0.25) is 14.9 Å². The second-order valence-corrected chi connectivity index (χ2v) is 8.83. The zero-order chi connectivity index (χ0) is 20.7. The summed E-state index contributed by atoms with van der Waals surface area (Å²) in [6, 6.07) is 9.80. The number of benzene rings is 2. The van der Waals surface area contributed by atoms with Crippen LogP contribution in [0.1, 0.15) is 9.67 Å². The monoisotopic (exact) mass is 469 g/mol. The van der Waals surface area contributed by atoms with Crippen molar-refractivity contribution in [1.29, 1.82) is 0 Å². The summed E-state index contributed by atoms with van der Waals surface area (Å²) >= 11 is 20.0. The third-order valence-electron chi connectivity index (χ3n) is 4.84. The number of hydrogen-bond acceptors (Lipinski definition) is 5. The van der Waals surface area contributed by atoms with Crippen molar-refractivity contribution in [2.75, 3.05) is 31.1 Å². The number of fused-ring (bicyclic) bond motifs is 1. The normalized spacial score (nSPS) is 14.4. The number of carbonyl (C=O) groups excluding carboxylic acids is 1. The largest absolute Gasteiger partial charge is 0.367 e. The lowest BCUT2D eigenvalue weighted by molar-refractivity contribution is -0.384. The standard InChI is InChI=1S/C19H14Cl3N3O3S/c20-11-1-3-13-16(9-11)29-18(17(13)22)19(26)24-7-5-23(6-8-24)15-4-2-12(25(27)28)10-14(15)21/h1-4,9-10H,5-8H2. The summed E-state index contributed by atoms with van der Waals surface area (Å²) in [5.74, 6) is -0.109. The van der Waals surface area contributed by atoms with Crippen LogP contribution in [0.5, 0.6) is 0 Å². The van der Waals surface area contributed by atoms with E-state index in [9.17, 15) is 14.9 Å². The number of halogens is 3. The average molecular weight is 471 g/mol. The number of amides is 1. The zero-order valence-corrected chi connectivity index (χ0v) is 18.0. The Labute approximate surface area is 185 Å². The third-order valence-corrected chi connectivity index (χ3v) is 7.02. The minimum absolute atomic E-state index is 0.0490. The lowest BCUT2D eigenvalue weighted by Crippen LogP contribution is -2.48. The van der Waals surface area contributed by atoms with E-state index in [1.54, 1.807) is 23.1 Å². The summed E-state index contributed by atoms with van der Waals surface area (Å²) in [5, 5.41) is 13.1. The van der Waals surface area contributed by atoms with E-state index in [1.165, 1.54) is 23.5 Å². The van der Waals surface area contributed by atoms with Crippen LogP contribution < -0.4 is 4.90 Å². The van der Waals surface area contributed by atoms with Crippen LogP contribution in [-0.4, -0.2) is 41.9 Å². The second-order valence-electron chi connectivity index (χ2n) is 6.56. The zero-order valence-electron chi connectivity index (χ0n) is 14.9. The van der Waals surface area contributed by atoms with Crippen molar-refractivity contribution in [3.8, 4) is 0 Å². The Hall–Kier alpha value is -2.06. The summed E-state index contributed by atoms with van der Waals surface area (Å²) in [4.78, 5) is 27.7. The Morgan fingerprint density at radius 1 is 1.03 bits per heavy atom. The van der Waals surface area contributed by atoms with Gasteiger partial charge in [0.1, 0.15) is 4.88 Å². The van der Waals surface area contributed by atoms with Gasteiger partial charge >= 0.3 is 0 Å². The first-order valence-corrected chi connectivity index (χ1v) is 10.7. The molecule has 0 spiro atoms. The first-order chi connectivity index (χ1) is 13.8. The van der Waals surface area contributed by atoms with Crippen LogP contribution in [0.15, 0.2) is 36.4 Å². The van der Waals surface area contributed by atoms with Gasteiger partial charge in [0.25, 0.3) is 11.6 Å². The molecule has 1 saturated heterocycles. The van der Waals surface area contributed by atoms with Gasteiger partial charge in [0.05, 0.1) is 20.7 Å². The molecular weight excluding hydrogens is 457 g/mol. The van der Waals surface area contributed by atoms with Crippen molar-refractivity contribution < 1.29 is 9.72 Å². The molecule has 2 heterocycles. The Kier molecular flexibility index (Phi) is 5.57. The van der Waals surface area contributed by atoms with E-state index in [0.717, 1.165) is 15.8 Å². The van der Waals surface area contributed by atoms with Crippen molar-refractivity contribution in [2.45, 2.75) is 0 Å². The number of hydrogen-bond donors (Lipinski definition) is 0. The van der Waals surface area contributed by atoms with Gasteiger partial charge in [0, 0.05) is 53.4 Å². The number of nitrogens with zero attached hydrogens (tertiary/aromatic N) is 3. The third kappa shape index (κ3) is 3.88. The highest BCUT2D eigenvalue weighted by Gasteiger charge is 2.27. The number of non-ortho nitro benzene ring substituents is 1. The maximum Gasteiger partial charge on any atom is 0.271 e. The molecular formula is C19H14Cl3N3O3S. The van der Waals surface area contributed by atoms with Gasteiger partial charge in [0.2, 0.25) is 0 Å². The molecule has 0 unspecified atom stereocenters. The number of piperazine rings is 1. The molecule has 1 amide bonds. The molecule has 1 aromatic heterocycles. The molecule has 0 radical (unpaired) electrons. The Morgan fingerprint density at radius 3 is 2.41 bits per heavy atom. The lowest BCUT2D eigenvalue weighted by atomic mass is 10.2. The van der Waals surface area contributed by atoms with Gasteiger partial charge in [-0.2, -0.15) is 0 Å². The summed E-state index contributed by atoms with van der Waals surface area (Å²) in [7, 11) is 0. The van der Waals surface area contributed by atoms with Crippen molar-refractivity contribution in [3.63, 3.8) is 0 Å². The number of anilines is 1. The molecule has 0 aliphatic carbocycles. The Morgan fingerprint density at radius 2 is 1.76 bits per heavy atom. The summed E-state index contributed by atoms with van der Waals surface area (Å²) < 4.78 is 0.877. The summed E-state index contributed by atoms with van der Waals surface area (Å²) in [6.45, 7) is 2.13. The fourth-order valence-electron chi connectivity index (χ4n) is 3.34. The molecule has 29 heavy (non-hydrogen) atoms. The summed E-state index contributed by atoms with van der Waals surface area (Å²) in [6.07, 6.45) is 0. The summed E-state index contributed by atoms with van der Waals surface area (Å²) in [5.41, 5.74) is 0.672. The SMILES string of the molecule is O=C(c1sc2cc(Cl)ccc2c1Cl)N1CCN(c2ccc([N+](=O)[O-])cc2Cl)CC1. The van der Waals surface area contributed by atoms with Crippen molar-refractivity contribution in [3.05, 3.63) is 66.5 Å². The molecule has 0 atom stereocenters. The maximum absolute atomic E-state index is 13.0. The molecule has 0 saturated carbocycles. The van der Waals surface area contributed by atoms with Crippen molar-refractivity contribution >= 4 is 73.5 Å². The average Bonchev–Trinajstić information content (AvgIpc) is 3.03. The van der Waals surface area contributed by atoms with E-state index in [-0.39, 0.29) is 11.6 Å². The maximum atomic E-state index is 13.0. The number of carbonyl (C=O) groups is 1. The van der Waals surface area contributed by atoms with Gasteiger partial charge in [0.15, 0.2) is 0 Å².